The van der Waals surface area contributed by atoms with Crippen molar-refractivity contribution in [3.8, 4) is 5.75 Å². The van der Waals surface area contributed by atoms with Crippen molar-refractivity contribution in [2.75, 3.05) is 6.54 Å². The topological polar surface area (TPSA) is 21.3 Å². The second-order valence-electron chi connectivity index (χ2n) is 5.94. The standard InChI is InChI=1S/C22H22ClNO.ClH/c23-22-12-5-4-10-20(22)17-25-21-11-6-9-19(15-21)16-24-14-13-18-7-2-1-3-8-18;/h1-12,15,24H,13-14,16-17H2;1H. The molecule has 0 saturated carbocycles. The molecular weight excluding hydrogens is 365 g/mol. The molecule has 0 aliphatic rings. The van der Waals surface area contributed by atoms with Crippen LogP contribution >= 0.6 is 24.0 Å². The van der Waals surface area contributed by atoms with Crippen LogP contribution in [0.4, 0.5) is 0 Å². The minimum Gasteiger partial charge on any atom is -0.489 e. The highest BCUT2D eigenvalue weighted by Crippen LogP contribution is 2.19. The molecule has 0 saturated heterocycles. The van der Waals surface area contributed by atoms with E-state index in [0.29, 0.717) is 6.61 Å². The molecular formula is C22H23Cl2NO. The third kappa shape index (κ3) is 6.38. The molecule has 0 heterocycles. The van der Waals surface area contributed by atoms with Crippen LogP contribution in [-0.4, -0.2) is 6.54 Å². The van der Waals surface area contributed by atoms with E-state index in [1.807, 2.05) is 42.5 Å². The van der Waals surface area contributed by atoms with Crippen molar-refractivity contribution < 1.29 is 4.74 Å². The van der Waals surface area contributed by atoms with Gasteiger partial charge in [0.2, 0.25) is 0 Å². The summed E-state index contributed by atoms with van der Waals surface area (Å²) >= 11 is 6.17. The molecule has 3 rings (SSSR count). The van der Waals surface area contributed by atoms with Crippen LogP contribution in [0.5, 0.6) is 5.75 Å². The van der Waals surface area contributed by atoms with E-state index < -0.39 is 0 Å². The summed E-state index contributed by atoms with van der Waals surface area (Å²) in [5, 5.41) is 4.22. The largest absolute Gasteiger partial charge is 0.489 e. The SMILES string of the molecule is Cl.Clc1ccccc1COc1cccc(CNCCc2ccccc2)c1. The van der Waals surface area contributed by atoms with Crippen LogP contribution in [0.15, 0.2) is 78.9 Å². The Morgan fingerprint density at radius 2 is 1.54 bits per heavy atom. The fourth-order valence-corrected chi connectivity index (χ4v) is 2.82. The quantitative estimate of drug-likeness (QED) is 0.502. The minimum atomic E-state index is 0. The van der Waals surface area contributed by atoms with Crippen LogP contribution in [0.3, 0.4) is 0 Å². The molecule has 0 aliphatic carbocycles. The fraction of sp³-hybridized carbons (Fsp3) is 0.182. The van der Waals surface area contributed by atoms with Gasteiger partial charge in [-0.05, 0) is 42.3 Å². The Balaban J connectivity index is 0.00000243. The van der Waals surface area contributed by atoms with E-state index in [9.17, 15) is 0 Å². The van der Waals surface area contributed by atoms with E-state index in [4.69, 9.17) is 16.3 Å². The van der Waals surface area contributed by atoms with Crippen LogP contribution in [-0.2, 0) is 19.6 Å². The van der Waals surface area contributed by atoms with Crippen LogP contribution in [0.25, 0.3) is 0 Å². The van der Waals surface area contributed by atoms with E-state index in [1.165, 1.54) is 11.1 Å². The van der Waals surface area contributed by atoms with Crippen LogP contribution in [0.1, 0.15) is 16.7 Å². The lowest BCUT2D eigenvalue weighted by molar-refractivity contribution is 0.306. The highest BCUT2D eigenvalue weighted by molar-refractivity contribution is 6.31. The van der Waals surface area contributed by atoms with Gasteiger partial charge >= 0.3 is 0 Å². The minimum absolute atomic E-state index is 0. The van der Waals surface area contributed by atoms with Gasteiger partial charge in [0, 0.05) is 17.1 Å². The Kier molecular flexibility index (Phi) is 8.49. The van der Waals surface area contributed by atoms with Gasteiger partial charge in [0.25, 0.3) is 0 Å². The van der Waals surface area contributed by atoms with Crippen molar-refractivity contribution in [1.29, 1.82) is 0 Å². The second kappa shape index (κ2) is 10.9. The summed E-state index contributed by atoms with van der Waals surface area (Å²) < 4.78 is 5.88. The highest BCUT2D eigenvalue weighted by Gasteiger charge is 2.02. The summed E-state index contributed by atoms with van der Waals surface area (Å²) in [4.78, 5) is 0. The van der Waals surface area contributed by atoms with Gasteiger partial charge in [-0.1, -0.05) is 72.3 Å². The molecule has 0 aliphatic heterocycles. The summed E-state index contributed by atoms with van der Waals surface area (Å²) in [5.74, 6) is 0.863. The van der Waals surface area contributed by atoms with E-state index in [1.54, 1.807) is 0 Å². The first-order chi connectivity index (χ1) is 12.3. The normalized spacial score (nSPS) is 10.2. The first-order valence-electron chi connectivity index (χ1n) is 8.51. The number of rotatable bonds is 8. The molecule has 4 heteroatoms. The first kappa shape index (κ1) is 20.3. The Morgan fingerprint density at radius 1 is 0.808 bits per heavy atom. The number of ether oxygens (including phenoxy) is 1. The monoisotopic (exact) mass is 387 g/mol. The number of halogens is 2. The summed E-state index contributed by atoms with van der Waals surface area (Å²) in [6.45, 7) is 2.26. The summed E-state index contributed by atoms with van der Waals surface area (Å²) in [5.41, 5.74) is 3.56. The maximum atomic E-state index is 6.17. The molecule has 136 valence electrons. The van der Waals surface area contributed by atoms with Gasteiger partial charge in [-0.25, -0.2) is 0 Å². The molecule has 3 aromatic carbocycles. The zero-order chi connectivity index (χ0) is 17.3. The third-order valence-corrected chi connectivity index (χ3v) is 4.38. The third-order valence-electron chi connectivity index (χ3n) is 4.01. The van der Waals surface area contributed by atoms with Gasteiger partial charge in [-0.15, -0.1) is 12.4 Å². The predicted octanol–water partition coefficient (Wildman–Crippen LogP) is 5.67. The number of benzene rings is 3. The maximum absolute atomic E-state index is 6.17. The van der Waals surface area contributed by atoms with Gasteiger partial charge in [-0.2, -0.15) is 0 Å². The maximum Gasteiger partial charge on any atom is 0.120 e. The zero-order valence-corrected chi connectivity index (χ0v) is 16.1. The molecule has 0 spiro atoms. The Morgan fingerprint density at radius 3 is 2.35 bits per heavy atom. The molecule has 3 aromatic rings. The molecule has 0 unspecified atom stereocenters. The van der Waals surface area contributed by atoms with E-state index in [-0.39, 0.29) is 12.4 Å². The predicted molar refractivity (Wildman–Crippen MR) is 111 cm³/mol. The molecule has 0 radical (unpaired) electrons. The smallest absolute Gasteiger partial charge is 0.120 e. The molecule has 0 atom stereocenters. The van der Waals surface area contributed by atoms with Crippen molar-refractivity contribution in [2.45, 2.75) is 19.6 Å². The van der Waals surface area contributed by atoms with Gasteiger partial charge in [0.1, 0.15) is 12.4 Å². The lowest BCUT2D eigenvalue weighted by atomic mass is 10.1. The van der Waals surface area contributed by atoms with E-state index in [0.717, 1.165) is 35.8 Å². The van der Waals surface area contributed by atoms with E-state index >= 15 is 0 Å². The van der Waals surface area contributed by atoms with Crippen molar-refractivity contribution in [3.05, 3.63) is 101 Å². The van der Waals surface area contributed by atoms with E-state index in [2.05, 4.69) is 41.7 Å². The van der Waals surface area contributed by atoms with Crippen molar-refractivity contribution in [3.63, 3.8) is 0 Å². The average Bonchev–Trinajstić information content (AvgIpc) is 2.66. The first-order valence-corrected chi connectivity index (χ1v) is 8.89. The molecule has 26 heavy (non-hydrogen) atoms. The van der Waals surface area contributed by atoms with Crippen molar-refractivity contribution >= 4 is 24.0 Å². The molecule has 0 amide bonds. The summed E-state index contributed by atoms with van der Waals surface area (Å²) in [7, 11) is 0. The van der Waals surface area contributed by atoms with Crippen molar-refractivity contribution in [2.24, 2.45) is 0 Å². The molecule has 0 fully saturated rings. The number of hydrogen-bond donors (Lipinski definition) is 1. The average molecular weight is 388 g/mol. The van der Waals surface area contributed by atoms with Gasteiger partial charge in [-0.3, -0.25) is 0 Å². The summed E-state index contributed by atoms with van der Waals surface area (Å²) in [6, 6.07) is 26.5. The number of nitrogens with one attached hydrogen (secondary N) is 1. The molecule has 0 bridgehead atoms. The molecule has 2 nitrogen and oxygen atoms in total. The van der Waals surface area contributed by atoms with Gasteiger partial charge < -0.3 is 10.1 Å². The lowest BCUT2D eigenvalue weighted by Crippen LogP contribution is -2.16. The Bertz CT molecular complexity index is 793. The van der Waals surface area contributed by atoms with Crippen LogP contribution < -0.4 is 10.1 Å². The highest BCUT2D eigenvalue weighted by atomic mass is 35.5. The Hall–Kier alpha value is -2.00. The second-order valence-corrected chi connectivity index (χ2v) is 6.35. The van der Waals surface area contributed by atoms with Gasteiger partial charge in [0.05, 0.1) is 0 Å². The zero-order valence-electron chi connectivity index (χ0n) is 14.5. The van der Waals surface area contributed by atoms with Crippen LogP contribution in [0, 0.1) is 0 Å². The van der Waals surface area contributed by atoms with Gasteiger partial charge in [0.15, 0.2) is 0 Å². The van der Waals surface area contributed by atoms with Crippen molar-refractivity contribution in [1.82, 2.24) is 5.32 Å². The molecule has 0 aromatic heterocycles. The molecule has 1 N–H and O–H groups in total. The Labute approximate surface area is 166 Å². The fourth-order valence-electron chi connectivity index (χ4n) is 2.63. The summed E-state index contributed by atoms with van der Waals surface area (Å²) in [6.07, 6.45) is 1.03. The number of hydrogen-bond acceptors (Lipinski definition) is 2. The lowest BCUT2D eigenvalue weighted by Gasteiger charge is -2.10. The van der Waals surface area contributed by atoms with Crippen LogP contribution in [0.2, 0.25) is 5.02 Å².